The normalized spacial score (nSPS) is 13.1. The van der Waals surface area contributed by atoms with Gasteiger partial charge in [-0.1, -0.05) is 24.3 Å². The molecule has 136 valence electrons. The van der Waals surface area contributed by atoms with E-state index in [1.165, 1.54) is 25.2 Å². The van der Waals surface area contributed by atoms with Gasteiger partial charge in [-0.3, -0.25) is 9.10 Å². The second kappa shape index (κ2) is 6.80. The van der Waals surface area contributed by atoms with E-state index in [9.17, 15) is 18.0 Å². The molecule has 0 bridgehead atoms. The van der Waals surface area contributed by atoms with Gasteiger partial charge in [0.2, 0.25) is 5.91 Å². The lowest BCUT2D eigenvalue weighted by Crippen LogP contribution is -2.40. The van der Waals surface area contributed by atoms with E-state index >= 15 is 0 Å². The molecule has 0 atom stereocenters. The minimum Gasteiger partial charge on any atom is -0.457 e. The zero-order valence-electron chi connectivity index (χ0n) is 14.4. The molecule has 1 amide bonds. The van der Waals surface area contributed by atoms with Crippen molar-refractivity contribution in [2.45, 2.75) is 18.4 Å². The topological polar surface area (TPSA) is 92.8 Å². The van der Waals surface area contributed by atoms with Crippen molar-refractivity contribution >= 4 is 27.6 Å². The number of nitrogens with one attached hydrogen (secondary N) is 1. The van der Waals surface area contributed by atoms with Crippen molar-refractivity contribution < 1.29 is 22.7 Å². The highest BCUT2D eigenvalue weighted by molar-refractivity contribution is 7.93. The monoisotopic (exact) mass is 374 g/mol. The molecular weight excluding hydrogens is 356 g/mol. The van der Waals surface area contributed by atoms with Gasteiger partial charge in [-0.15, -0.1) is 0 Å². The van der Waals surface area contributed by atoms with Crippen LogP contribution in [0.4, 0.5) is 5.69 Å². The first kappa shape index (κ1) is 17.9. The average molecular weight is 374 g/mol. The van der Waals surface area contributed by atoms with Gasteiger partial charge in [0.05, 0.1) is 16.1 Å². The Labute approximate surface area is 151 Å². The van der Waals surface area contributed by atoms with E-state index in [2.05, 4.69) is 5.32 Å². The molecule has 26 heavy (non-hydrogen) atoms. The Kier molecular flexibility index (Phi) is 4.69. The third-order valence-corrected chi connectivity index (χ3v) is 6.06. The minimum absolute atomic E-state index is 0.0343. The molecule has 8 heteroatoms. The summed E-state index contributed by atoms with van der Waals surface area (Å²) in [6.45, 7) is 1.29. The fourth-order valence-corrected chi connectivity index (χ4v) is 4.55. The quantitative estimate of drug-likeness (QED) is 0.803. The number of benzene rings is 2. The number of hydrogen-bond donors (Lipinski definition) is 1. The summed E-state index contributed by atoms with van der Waals surface area (Å²) in [5.41, 5.74) is 1.66. The third-order valence-electron chi connectivity index (χ3n) is 4.22. The number of likely N-dealkylation sites (N-methyl/N-ethyl adjacent to an activating group) is 1. The molecular formula is C18H18N2O5S. The lowest BCUT2D eigenvalue weighted by Gasteiger charge is -2.26. The SMILES string of the molecule is CNC(=O)CN(c1ccccc1C)S(=O)(=O)c1cccc2c1COC2=O. The summed E-state index contributed by atoms with van der Waals surface area (Å²) >= 11 is 0. The van der Waals surface area contributed by atoms with E-state index in [1.54, 1.807) is 31.2 Å². The molecule has 1 N–H and O–H groups in total. The average Bonchev–Trinajstić information content (AvgIpc) is 3.01. The number of fused-ring (bicyclic) bond motifs is 1. The lowest BCUT2D eigenvalue weighted by molar-refractivity contribution is -0.119. The van der Waals surface area contributed by atoms with Gasteiger partial charge in [0.25, 0.3) is 10.0 Å². The number of hydrogen-bond acceptors (Lipinski definition) is 5. The van der Waals surface area contributed by atoms with Crippen LogP contribution in [0.5, 0.6) is 0 Å². The molecule has 0 aliphatic carbocycles. The van der Waals surface area contributed by atoms with Crippen LogP contribution in [0, 0.1) is 6.92 Å². The van der Waals surface area contributed by atoms with Crippen LogP contribution in [-0.4, -0.2) is 33.9 Å². The van der Waals surface area contributed by atoms with E-state index in [0.717, 1.165) is 4.31 Å². The highest BCUT2D eigenvalue weighted by Gasteiger charge is 2.34. The second-order valence-corrected chi connectivity index (χ2v) is 7.66. The zero-order chi connectivity index (χ0) is 18.9. The Morgan fingerprint density at radius 1 is 1.19 bits per heavy atom. The molecule has 0 saturated carbocycles. The highest BCUT2D eigenvalue weighted by Crippen LogP contribution is 2.32. The number of anilines is 1. The summed E-state index contributed by atoms with van der Waals surface area (Å²) in [5.74, 6) is -0.998. The van der Waals surface area contributed by atoms with Gasteiger partial charge in [-0.2, -0.15) is 0 Å². The molecule has 1 aliphatic rings. The van der Waals surface area contributed by atoms with Crippen molar-refractivity contribution in [2.24, 2.45) is 0 Å². The predicted molar refractivity (Wildman–Crippen MR) is 95.3 cm³/mol. The summed E-state index contributed by atoms with van der Waals surface area (Å²) in [6, 6.07) is 11.3. The van der Waals surface area contributed by atoms with Crippen molar-refractivity contribution in [3.8, 4) is 0 Å². The Morgan fingerprint density at radius 3 is 2.62 bits per heavy atom. The highest BCUT2D eigenvalue weighted by atomic mass is 32.2. The van der Waals surface area contributed by atoms with Crippen molar-refractivity contribution in [3.05, 3.63) is 59.2 Å². The number of amides is 1. The minimum atomic E-state index is -4.09. The summed E-state index contributed by atoms with van der Waals surface area (Å²) in [6.07, 6.45) is 0. The van der Waals surface area contributed by atoms with Gasteiger partial charge in [0, 0.05) is 12.6 Å². The summed E-state index contributed by atoms with van der Waals surface area (Å²) in [5, 5.41) is 2.44. The van der Waals surface area contributed by atoms with E-state index < -0.39 is 21.9 Å². The number of ether oxygens (including phenoxy) is 1. The summed E-state index contributed by atoms with van der Waals surface area (Å²) in [4.78, 5) is 23.7. The molecule has 0 aromatic heterocycles. The molecule has 2 aromatic rings. The van der Waals surface area contributed by atoms with E-state index in [4.69, 9.17) is 4.74 Å². The molecule has 2 aromatic carbocycles. The number of sulfonamides is 1. The van der Waals surface area contributed by atoms with Gasteiger partial charge < -0.3 is 10.1 Å². The fraction of sp³-hybridized carbons (Fsp3) is 0.222. The van der Waals surface area contributed by atoms with Gasteiger partial charge in [-0.05, 0) is 30.7 Å². The van der Waals surface area contributed by atoms with Crippen LogP contribution in [0.3, 0.4) is 0 Å². The van der Waals surface area contributed by atoms with Crippen molar-refractivity contribution in [1.82, 2.24) is 5.32 Å². The molecule has 7 nitrogen and oxygen atoms in total. The second-order valence-electron chi connectivity index (χ2n) is 5.83. The summed E-state index contributed by atoms with van der Waals surface area (Å²) < 4.78 is 32.8. The maximum absolute atomic E-state index is 13.4. The molecule has 0 saturated heterocycles. The van der Waals surface area contributed by atoms with E-state index in [1.807, 2.05) is 0 Å². The third kappa shape index (κ3) is 3.03. The zero-order valence-corrected chi connectivity index (χ0v) is 15.2. The Hall–Kier alpha value is -2.87. The lowest BCUT2D eigenvalue weighted by atomic mass is 10.1. The first-order valence-electron chi connectivity index (χ1n) is 7.94. The fourth-order valence-electron chi connectivity index (χ4n) is 2.83. The molecule has 3 rings (SSSR count). The number of para-hydroxylation sites is 1. The van der Waals surface area contributed by atoms with Crippen LogP contribution in [0.1, 0.15) is 21.5 Å². The molecule has 0 spiro atoms. The molecule has 1 heterocycles. The Balaban J connectivity index is 2.16. The number of aryl methyl sites for hydroxylation is 1. The van der Waals surface area contributed by atoms with E-state index in [-0.39, 0.29) is 23.6 Å². The first-order chi connectivity index (χ1) is 12.4. The van der Waals surface area contributed by atoms with E-state index in [0.29, 0.717) is 16.8 Å². The maximum atomic E-state index is 13.4. The smallest absolute Gasteiger partial charge is 0.338 e. The number of carbonyl (C=O) groups is 2. The Morgan fingerprint density at radius 2 is 1.92 bits per heavy atom. The van der Waals surface area contributed by atoms with Crippen LogP contribution < -0.4 is 9.62 Å². The molecule has 0 fully saturated rings. The van der Waals surface area contributed by atoms with Gasteiger partial charge in [0.1, 0.15) is 13.2 Å². The number of nitrogens with zero attached hydrogens (tertiary/aromatic N) is 1. The number of esters is 1. The number of cyclic esters (lactones) is 1. The maximum Gasteiger partial charge on any atom is 0.338 e. The first-order valence-corrected chi connectivity index (χ1v) is 9.38. The van der Waals surface area contributed by atoms with Crippen LogP contribution in [0.15, 0.2) is 47.4 Å². The van der Waals surface area contributed by atoms with Crippen LogP contribution >= 0.6 is 0 Å². The van der Waals surface area contributed by atoms with Crippen LogP contribution in [0.2, 0.25) is 0 Å². The number of rotatable bonds is 5. The summed E-state index contributed by atoms with van der Waals surface area (Å²) in [7, 11) is -2.65. The van der Waals surface area contributed by atoms with Crippen LogP contribution in [0.25, 0.3) is 0 Å². The van der Waals surface area contributed by atoms with Gasteiger partial charge in [0.15, 0.2) is 0 Å². The predicted octanol–water partition coefficient (Wildman–Crippen LogP) is 1.61. The molecule has 0 radical (unpaired) electrons. The van der Waals surface area contributed by atoms with Crippen molar-refractivity contribution in [1.29, 1.82) is 0 Å². The standard InChI is InChI=1S/C18H18N2O5S/c1-12-6-3-4-8-15(12)20(10-17(21)19-2)26(23,24)16-9-5-7-13-14(16)11-25-18(13)22/h3-9H,10-11H2,1-2H3,(H,19,21). The molecule has 1 aliphatic heterocycles. The van der Waals surface area contributed by atoms with Gasteiger partial charge in [-0.25, -0.2) is 13.2 Å². The van der Waals surface area contributed by atoms with Crippen molar-refractivity contribution in [2.75, 3.05) is 17.9 Å². The van der Waals surface area contributed by atoms with Crippen LogP contribution in [-0.2, 0) is 26.2 Å². The Bertz CT molecular complexity index is 985. The largest absolute Gasteiger partial charge is 0.457 e. The number of carbonyl (C=O) groups excluding carboxylic acids is 2. The van der Waals surface area contributed by atoms with Crippen molar-refractivity contribution in [3.63, 3.8) is 0 Å². The molecule has 0 unspecified atom stereocenters. The van der Waals surface area contributed by atoms with Gasteiger partial charge >= 0.3 is 5.97 Å².